The van der Waals surface area contributed by atoms with E-state index < -0.39 is 0 Å². The third kappa shape index (κ3) is 4.81. The third-order valence-corrected chi connectivity index (χ3v) is 3.96. The van der Waals surface area contributed by atoms with Gasteiger partial charge in [-0.15, -0.1) is 0 Å². The summed E-state index contributed by atoms with van der Waals surface area (Å²) < 4.78 is 0.967. The molecule has 2 aromatic carbocycles. The Morgan fingerprint density at radius 3 is 2.43 bits per heavy atom. The summed E-state index contributed by atoms with van der Waals surface area (Å²) in [5.74, 6) is 4.94. The number of halogens is 1. The molecule has 3 N–H and O–H groups in total. The van der Waals surface area contributed by atoms with Crippen LogP contribution in [-0.4, -0.2) is 12.5 Å². The van der Waals surface area contributed by atoms with Crippen LogP contribution in [0, 0.1) is 11.3 Å². The molecule has 0 radical (unpaired) electrons. The molecule has 0 saturated heterocycles. The summed E-state index contributed by atoms with van der Waals surface area (Å²) in [5.41, 5.74) is 5.04. The van der Waals surface area contributed by atoms with Gasteiger partial charge in [-0.1, -0.05) is 40.2 Å². The molecule has 0 atom stereocenters. The van der Waals surface area contributed by atoms with Gasteiger partial charge in [-0.25, -0.2) is 5.84 Å². The van der Waals surface area contributed by atoms with Crippen molar-refractivity contribution in [3.05, 3.63) is 64.1 Å². The molecule has 0 aliphatic rings. The van der Waals surface area contributed by atoms with Crippen molar-refractivity contribution in [2.24, 2.45) is 5.84 Å². The predicted molar refractivity (Wildman–Crippen MR) is 93.3 cm³/mol. The van der Waals surface area contributed by atoms with Gasteiger partial charge in [0.25, 0.3) is 5.91 Å². The number of rotatable bonds is 6. The van der Waals surface area contributed by atoms with E-state index in [4.69, 9.17) is 11.1 Å². The number of benzene rings is 2. The fourth-order valence-electron chi connectivity index (χ4n) is 2.28. The lowest BCUT2D eigenvalue weighted by molar-refractivity contribution is -0.119. The molecule has 118 valence electrons. The molecule has 0 bridgehead atoms. The number of anilines is 1. The zero-order valence-corrected chi connectivity index (χ0v) is 14.1. The summed E-state index contributed by atoms with van der Waals surface area (Å²) in [6.45, 7) is 0.659. The van der Waals surface area contributed by atoms with Crippen molar-refractivity contribution >= 4 is 27.5 Å². The van der Waals surface area contributed by atoms with Crippen molar-refractivity contribution < 1.29 is 4.79 Å². The Morgan fingerprint density at radius 2 is 1.83 bits per heavy atom. The standard InChI is InChI=1S/C17H17BrN4O/c18-15-5-7-16(8-6-15)22(12-17(23)21-20)11-14-4-2-1-3-13(14)9-10-19/h1-8H,9,11-12,20H2,(H,21,23). The molecular weight excluding hydrogens is 356 g/mol. The van der Waals surface area contributed by atoms with Gasteiger partial charge in [0.15, 0.2) is 0 Å². The lowest BCUT2D eigenvalue weighted by atomic mass is 10.0. The molecule has 2 aromatic rings. The minimum atomic E-state index is -0.273. The van der Waals surface area contributed by atoms with Crippen LogP contribution in [0.3, 0.4) is 0 Å². The van der Waals surface area contributed by atoms with E-state index in [9.17, 15) is 4.79 Å². The van der Waals surface area contributed by atoms with E-state index in [2.05, 4.69) is 27.4 Å². The van der Waals surface area contributed by atoms with Gasteiger partial charge in [-0.3, -0.25) is 10.2 Å². The first-order chi connectivity index (χ1) is 11.1. The minimum absolute atomic E-state index is 0.138. The molecule has 5 nitrogen and oxygen atoms in total. The largest absolute Gasteiger partial charge is 0.358 e. The molecule has 0 aromatic heterocycles. The first kappa shape index (κ1) is 17.0. The molecule has 0 saturated carbocycles. The Morgan fingerprint density at radius 1 is 1.17 bits per heavy atom. The van der Waals surface area contributed by atoms with Crippen molar-refractivity contribution in [1.29, 1.82) is 5.26 Å². The normalized spacial score (nSPS) is 9.96. The molecule has 0 aliphatic heterocycles. The summed E-state index contributed by atoms with van der Waals surface area (Å²) in [5, 5.41) is 8.96. The molecular formula is C17H17BrN4O. The highest BCUT2D eigenvalue weighted by Gasteiger charge is 2.13. The molecule has 6 heteroatoms. The van der Waals surface area contributed by atoms with Gasteiger partial charge in [-0.2, -0.15) is 5.26 Å². The van der Waals surface area contributed by atoms with Crippen LogP contribution < -0.4 is 16.2 Å². The molecule has 0 unspecified atom stereocenters. The second kappa shape index (κ2) is 8.32. The van der Waals surface area contributed by atoms with Gasteiger partial charge in [0.05, 0.1) is 19.0 Å². The fraction of sp³-hybridized carbons (Fsp3) is 0.176. The fourth-order valence-corrected chi connectivity index (χ4v) is 2.55. The maximum Gasteiger partial charge on any atom is 0.253 e. The van der Waals surface area contributed by atoms with E-state index in [0.717, 1.165) is 21.3 Å². The molecule has 0 fully saturated rings. The molecule has 1 amide bonds. The topological polar surface area (TPSA) is 82.2 Å². The monoisotopic (exact) mass is 372 g/mol. The smallest absolute Gasteiger partial charge is 0.253 e. The molecule has 2 rings (SSSR count). The van der Waals surface area contributed by atoms with Crippen LogP contribution in [0.1, 0.15) is 11.1 Å². The van der Waals surface area contributed by atoms with E-state index in [1.54, 1.807) is 0 Å². The van der Waals surface area contributed by atoms with Crippen LogP contribution in [0.5, 0.6) is 0 Å². The second-order valence-corrected chi connectivity index (χ2v) is 5.92. The number of hydrogen-bond acceptors (Lipinski definition) is 4. The van der Waals surface area contributed by atoms with Gasteiger partial charge in [0.2, 0.25) is 0 Å². The Balaban J connectivity index is 2.29. The van der Waals surface area contributed by atoms with Crippen LogP contribution in [-0.2, 0) is 17.8 Å². The maximum atomic E-state index is 11.7. The SMILES string of the molecule is N#CCc1ccccc1CN(CC(=O)NN)c1ccc(Br)cc1. The maximum absolute atomic E-state index is 11.7. The van der Waals surface area contributed by atoms with Crippen molar-refractivity contribution in [3.63, 3.8) is 0 Å². The predicted octanol–water partition coefficient (Wildman–Crippen LogP) is 2.51. The number of carbonyl (C=O) groups is 1. The van der Waals surface area contributed by atoms with Crippen molar-refractivity contribution in [3.8, 4) is 6.07 Å². The van der Waals surface area contributed by atoms with Crippen LogP contribution in [0.4, 0.5) is 5.69 Å². The van der Waals surface area contributed by atoms with E-state index in [1.165, 1.54) is 0 Å². The van der Waals surface area contributed by atoms with Crippen molar-refractivity contribution in [2.45, 2.75) is 13.0 Å². The van der Waals surface area contributed by atoms with Crippen LogP contribution in [0.15, 0.2) is 53.0 Å². The van der Waals surface area contributed by atoms with Crippen molar-refractivity contribution in [1.82, 2.24) is 5.43 Å². The summed E-state index contributed by atoms with van der Waals surface area (Å²) in [6, 6.07) is 17.6. The highest BCUT2D eigenvalue weighted by molar-refractivity contribution is 9.10. The number of nitriles is 1. The zero-order valence-electron chi connectivity index (χ0n) is 12.5. The molecule has 23 heavy (non-hydrogen) atoms. The van der Waals surface area contributed by atoms with E-state index in [-0.39, 0.29) is 12.5 Å². The lowest BCUT2D eigenvalue weighted by Crippen LogP contribution is -2.40. The van der Waals surface area contributed by atoms with Gasteiger partial charge >= 0.3 is 0 Å². The Bertz CT molecular complexity index is 709. The molecule has 0 spiro atoms. The van der Waals surface area contributed by atoms with Crippen LogP contribution in [0.25, 0.3) is 0 Å². The number of nitrogens with two attached hydrogens (primary N) is 1. The van der Waals surface area contributed by atoms with Gasteiger partial charge in [0, 0.05) is 16.7 Å². The van der Waals surface area contributed by atoms with Gasteiger partial charge in [0.1, 0.15) is 0 Å². The van der Waals surface area contributed by atoms with Crippen LogP contribution >= 0.6 is 15.9 Å². The van der Waals surface area contributed by atoms with E-state index in [0.29, 0.717) is 13.0 Å². The summed E-state index contributed by atoms with van der Waals surface area (Å²) in [6.07, 6.45) is 0.341. The average molecular weight is 373 g/mol. The minimum Gasteiger partial charge on any atom is -0.358 e. The number of amides is 1. The Hall–Kier alpha value is -2.36. The number of hydrazine groups is 1. The number of nitrogens with zero attached hydrogens (tertiary/aromatic N) is 2. The summed E-state index contributed by atoms with van der Waals surface area (Å²) in [4.78, 5) is 13.6. The second-order valence-electron chi connectivity index (χ2n) is 5.00. The Labute approximate surface area is 143 Å². The number of hydrogen-bond donors (Lipinski definition) is 2. The van der Waals surface area contributed by atoms with E-state index >= 15 is 0 Å². The highest BCUT2D eigenvalue weighted by Crippen LogP contribution is 2.21. The zero-order chi connectivity index (χ0) is 16.7. The highest BCUT2D eigenvalue weighted by atomic mass is 79.9. The Kier molecular flexibility index (Phi) is 6.15. The number of nitrogens with one attached hydrogen (secondary N) is 1. The first-order valence-electron chi connectivity index (χ1n) is 7.07. The first-order valence-corrected chi connectivity index (χ1v) is 7.87. The molecule has 0 aliphatic carbocycles. The lowest BCUT2D eigenvalue weighted by Gasteiger charge is -2.25. The molecule has 0 heterocycles. The number of carbonyl (C=O) groups excluding carboxylic acids is 1. The van der Waals surface area contributed by atoms with Gasteiger partial charge < -0.3 is 4.90 Å². The average Bonchev–Trinajstić information content (AvgIpc) is 2.56. The van der Waals surface area contributed by atoms with Crippen molar-refractivity contribution in [2.75, 3.05) is 11.4 Å². The van der Waals surface area contributed by atoms with Gasteiger partial charge in [-0.05, 0) is 35.4 Å². The third-order valence-electron chi connectivity index (χ3n) is 3.44. The quantitative estimate of drug-likeness (QED) is 0.463. The van der Waals surface area contributed by atoms with E-state index in [1.807, 2.05) is 53.4 Å². The summed E-state index contributed by atoms with van der Waals surface area (Å²) in [7, 11) is 0. The van der Waals surface area contributed by atoms with Crippen LogP contribution in [0.2, 0.25) is 0 Å². The summed E-state index contributed by atoms with van der Waals surface area (Å²) >= 11 is 3.40.